The fourth-order valence-corrected chi connectivity index (χ4v) is 2.19. The van der Waals surface area contributed by atoms with Crippen LogP contribution in [-0.4, -0.2) is 20.9 Å². The SMILES string of the molecule is O=C1C=Cc2ccccc2/C1=C/c1c(O)[nH]c(=O)[nH]c1=O. The molecule has 6 nitrogen and oxygen atoms in total. The van der Waals surface area contributed by atoms with Crippen molar-refractivity contribution in [2.45, 2.75) is 0 Å². The summed E-state index contributed by atoms with van der Waals surface area (Å²) in [6.45, 7) is 0. The molecule has 0 aliphatic heterocycles. The molecule has 0 spiro atoms. The Balaban J connectivity index is 2.25. The Morgan fingerprint density at radius 3 is 2.52 bits per heavy atom. The summed E-state index contributed by atoms with van der Waals surface area (Å²) < 4.78 is 0. The Morgan fingerprint density at radius 1 is 1.00 bits per heavy atom. The number of benzene rings is 1. The van der Waals surface area contributed by atoms with E-state index in [-0.39, 0.29) is 16.9 Å². The van der Waals surface area contributed by atoms with Crippen LogP contribution in [0.1, 0.15) is 16.7 Å². The maximum absolute atomic E-state index is 12.0. The Morgan fingerprint density at radius 2 is 1.76 bits per heavy atom. The van der Waals surface area contributed by atoms with Gasteiger partial charge < -0.3 is 5.11 Å². The van der Waals surface area contributed by atoms with Crippen LogP contribution >= 0.6 is 0 Å². The predicted molar refractivity (Wildman–Crippen MR) is 77.7 cm³/mol. The number of aromatic amines is 2. The third-order valence-corrected chi connectivity index (χ3v) is 3.18. The molecule has 0 atom stereocenters. The third-order valence-electron chi connectivity index (χ3n) is 3.18. The summed E-state index contributed by atoms with van der Waals surface area (Å²) in [6.07, 6.45) is 4.35. The standard InChI is InChI=1S/C15H10N2O4/c18-12-6-5-8-3-1-2-4-9(8)10(12)7-11-13(19)16-15(21)17-14(11)20/h1-7H,(H3,16,17,19,20,21)/b10-7-. The number of hydrogen-bond donors (Lipinski definition) is 3. The van der Waals surface area contributed by atoms with Gasteiger partial charge in [0.05, 0.1) is 0 Å². The van der Waals surface area contributed by atoms with Crippen molar-refractivity contribution in [3.63, 3.8) is 0 Å². The number of hydrogen-bond acceptors (Lipinski definition) is 4. The lowest BCUT2D eigenvalue weighted by molar-refractivity contribution is -0.109. The third kappa shape index (κ3) is 2.23. The molecule has 1 aliphatic rings. The normalized spacial score (nSPS) is 15.2. The average Bonchev–Trinajstić information content (AvgIpc) is 2.44. The first kappa shape index (κ1) is 12.9. The molecule has 21 heavy (non-hydrogen) atoms. The summed E-state index contributed by atoms with van der Waals surface area (Å²) in [5, 5.41) is 9.69. The molecule has 3 rings (SSSR count). The van der Waals surface area contributed by atoms with Crippen molar-refractivity contribution in [1.29, 1.82) is 0 Å². The van der Waals surface area contributed by atoms with Gasteiger partial charge in [0.25, 0.3) is 5.56 Å². The van der Waals surface area contributed by atoms with Gasteiger partial charge in [0.2, 0.25) is 5.88 Å². The van der Waals surface area contributed by atoms with Crippen LogP contribution in [0, 0.1) is 0 Å². The van der Waals surface area contributed by atoms with Crippen molar-refractivity contribution in [2.24, 2.45) is 0 Å². The zero-order chi connectivity index (χ0) is 15.0. The summed E-state index contributed by atoms with van der Waals surface area (Å²) in [5.41, 5.74) is 0.0428. The quantitative estimate of drug-likeness (QED) is 0.676. The van der Waals surface area contributed by atoms with E-state index in [1.807, 2.05) is 17.1 Å². The predicted octanol–water partition coefficient (Wildman–Crippen LogP) is 0.905. The zero-order valence-corrected chi connectivity index (χ0v) is 10.7. The summed E-state index contributed by atoms with van der Waals surface area (Å²) >= 11 is 0. The summed E-state index contributed by atoms with van der Waals surface area (Å²) in [5.74, 6) is -0.852. The molecule has 0 saturated heterocycles. The number of ketones is 1. The average molecular weight is 282 g/mol. The van der Waals surface area contributed by atoms with Crippen LogP contribution < -0.4 is 11.2 Å². The molecule has 0 radical (unpaired) electrons. The summed E-state index contributed by atoms with van der Waals surface area (Å²) in [4.78, 5) is 38.9. The molecule has 0 fully saturated rings. The first-order chi connectivity index (χ1) is 10.1. The Bertz CT molecular complexity index is 916. The zero-order valence-electron chi connectivity index (χ0n) is 10.7. The lowest BCUT2D eigenvalue weighted by atomic mass is 9.90. The molecule has 1 heterocycles. The summed E-state index contributed by atoms with van der Waals surface area (Å²) in [7, 11) is 0. The highest BCUT2D eigenvalue weighted by Crippen LogP contribution is 2.28. The Hall–Kier alpha value is -3.15. The largest absolute Gasteiger partial charge is 0.494 e. The minimum atomic E-state index is -0.810. The maximum Gasteiger partial charge on any atom is 0.328 e. The first-order valence-corrected chi connectivity index (χ1v) is 6.15. The van der Waals surface area contributed by atoms with Gasteiger partial charge in [-0.25, -0.2) is 4.79 Å². The van der Waals surface area contributed by atoms with E-state index in [1.54, 1.807) is 18.2 Å². The van der Waals surface area contributed by atoms with Gasteiger partial charge in [-0.05, 0) is 23.3 Å². The highest BCUT2D eigenvalue weighted by Gasteiger charge is 2.18. The Labute approximate surface area is 118 Å². The van der Waals surface area contributed by atoms with Crippen molar-refractivity contribution < 1.29 is 9.90 Å². The van der Waals surface area contributed by atoms with Gasteiger partial charge in [-0.2, -0.15) is 0 Å². The van der Waals surface area contributed by atoms with E-state index < -0.39 is 17.1 Å². The highest BCUT2D eigenvalue weighted by atomic mass is 16.3. The number of H-pyrrole nitrogens is 2. The molecule has 104 valence electrons. The van der Waals surface area contributed by atoms with Crippen LogP contribution in [0.25, 0.3) is 17.7 Å². The van der Waals surface area contributed by atoms with Crippen LogP contribution in [0.15, 0.2) is 39.9 Å². The van der Waals surface area contributed by atoms with Gasteiger partial charge in [-0.1, -0.05) is 30.3 Å². The molecule has 1 aromatic heterocycles. The van der Waals surface area contributed by atoms with E-state index in [9.17, 15) is 19.5 Å². The van der Waals surface area contributed by atoms with E-state index >= 15 is 0 Å². The molecular weight excluding hydrogens is 272 g/mol. The Kier molecular flexibility index (Phi) is 2.91. The number of aromatic hydroxyl groups is 1. The van der Waals surface area contributed by atoms with Crippen molar-refractivity contribution in [1.82, 2.24) is 9.97 Å². The van der Waals surface area contributed by atoms with Crippen LogP contribution in [0.3, 0.4) is 0 Å². The van der Waals surface area contributed by atoms with Crippen LogP contribution in [0.4, 0.5) is 0 Å². The van der Waals surface area contributed by atoms with Crippen LogP contribution in [0.5, 0.6) is 5.88 Å². The number of carbonyl (C=O) groups excluding carboxylic acids is 1. The maximum atomic E-state index is 12.0. The highest BCUT2D eigenvalue weighted by molar-refractivity contribution is 6.33. The number of allylic oxidation sites excluding steroid dienone is 2. The van der Waals surface area contributed by atoms with E-state index in [0.29, 0.717) is 5.56 Å². The molecular formula is C15H10N2O4. The van der Waals surface area contributed by atoms with Crippen LogP contribution in [0.2, 0.25) is 0 Å². The number of rotatable bonds is 1. The minimum absolute atomic E-state index is 0.164. The van der Waals surface area contributed by atoms with Crippen LogP contribution in [-0.2, 0) is 4.79 Å². The van der Waals surface area contributed by atoms with Gasteiger partial charge in [0.1, 0.15) is 5.56 Å². The number of aromatic nitrogens is 2. The second-order valence-corrected chi connectivity index (χ2v) is 4.51. The van der Waals surface area contributed by atoms with Crippen molar-refractivity contribution in [3.05, 3.63) is 67.9 Å². The molecule has 1 aromatic carbocycles. The number of fused-ring (bicyclic) bond motifs is 1. The second-order valence-electron chi connectivity index (χ2n) is 4.51. The molecule has 3 N–H and O–H groups in total. The molecule has 0 saturated carbocycles. The van der Waals surface area contributed by atoms with Gasteiger partial charge in [0, 0.05) is 5.57 Å². The summed E-state index contributed by atoms with van der Waals surface area (Å²) in [6, 6.07) is 7.19. The van der Waals surface area contributed by atoms with E-state index in [0.717, 1.165) is 5.56 Å². The molecule has 0 unspecified atom stereocenters. The molecule has 0 bridgehead atoms. The number of carbonyl (C=O) groups is 1. The van der Waals surface area contributed by atoms with Gasteiger partial charge in [-0.15, -0.1) is 0 Å². The van der Waals surface area contributed by atoms with Gasteiger partial charge >= 0.3 is 5.69 Å². The second kappa shape index (κ2) is 4.75. The van der Waals surface area contributed by atoms with Crippen molar-refractivity contribution in [2.75, 3.05) is 0 Å². The van der Waals surface area contributed by atoms with E-state index in [2.05, 4.69) is 4.98 Å². The minimum Gasteiger partial charge on any atom is -0.494 e. The van der Waals surface area contributed by atoms with Gasteiger partial charge in [-0.3, -0.25) is 19.6 Å². The molecule has 6 heteroatoms. The molecule has 1 aliphatic carbocycles. The monoisotopic (exact) mass is 282 g/mol. The van der Waals surface area contributed by atoms with Crippen molar-refractivity contribution >= 4 is 23.5 Å². The smallest absolute Gasteiger partial charge is 0.328 e. The fourth-order valence-electron chi connectivity index (χ4n) is 2.19. The van der Waals surface area contributed by atoms with Gasteiger partial charge in [0.15, 0.2) is 5.78 Å². The molecule has 2 aromatic rings. The number of nitrogens with one attached hydrogen (secondary N) is 2. The topological polar surface area (TPSA) is 103 Å². The van der Waals surface area contributed by atoms with E-state index in [1.165, 1.54) is 12.2 Å². The fraction of sp³-hybridized carbons (Fsp3) is 0. The lowest BCUT2D eigenvalue weighted by Crippen LogP contribution is -2.23. The first-order valence-electron chi connectivity index (χ1n) is 6.15. The lowest BCUT2D eigenvalue weighted by Gasteiger charge is -2.12. The van der Waals surface area contributed by atoms with Crippen molar-refractivity contribution in [3.8, 4) is 5.88 Å². The molecule has 0 amide bonds. The van der Waals surface area contributed by atoms with E-state index in [4.69, 9.17) is 0 Å².